The zero-order chi connectivity index (χ0) is 10.8. The Hall–Kier alpha value is -0.650. The number of nitrogens with one attached hydrogen (secondary N) is 1. The van der Waals surface area contributed by atoms with Crippen molar-refractivity contribution in [2.24, 2.45) is 0 Å². The Kier molecular flexibility index (Phi) is 3.23. The molecule has 1 aliphatic heterocycles. The molecular formula is C10H18N2O3. The van der Waals surface area contributed by atoms with Crippen LogP contribution in [0.2, 0.25) is 0 Å². The molecule has 5 heteroatoms. The molecule has 3 N–H and O–H groups in total. The first-order valence-corrected chi connectivity index (χ1v) is 5.54. The first-order chi connectivity index (χ1) is 7.16. The first-order valence-electron chi connectivity index (χ1n) is 5.54. The number of rotatable bonds is 4. The Morgan fingerprint density at radius 2 is 1.87 bits per heavy atom. The van der Waals surface area contributed by atoms with Gasteiger partial charge in [-0.1, -0.05) is 0 Å². The van der Waals surface area contributed by atoms with Crippen molar-refractivity contribution in [3.63, 3.8) is 0 Å². The largest absolute Gasteiger partial charge is 0.388 e. The smallest absolute Gasteiger partial charge is 0.224 e. The summed E-state index contributed by atoms with van der Waals surface area (Å²) in [4.78, 5) is 13.1. The Morgan fingerprint density at radius 1 is 1.27 bits per heavy atom. The minimum atomic E-state index is -0.773. The minimum absolute atomic E-state index is 0.0127. The third-order valence-corrected chi connectivity index (χ3v) is 2.96. The van der Waals surface area contributed by atoms with E-state index in [2.05, 4.69) is 5.32 Å². The third-order valence-electron chi connectivity index (χ3n) is 2.96. The lowest BCUT2D eigenvalue weighted by Gasteiger charge is -2.15. The number of carbonyl (C=O) groups is 1. The topological polar surface area (TPSA) is 72.8 Å². The molecule has 0 aromatic rings. The van der Waals surface area contributed by atoms with Gasteiger partial charge in [0, 0.05) is 32.1 Å². The zero-order valence-electron chi connectivity index (χ0n) is 8.72. The lowest BCUT2D eigenvalue weighted by Crippen LogP contribution is -2.32. The van der Waals surface area contributed by atoms with Crippen LogP contribution in [-0.2, 0) is 4.79 Å². The van der Waals surface area contributed by atoms with Crippen molar-refractivity contribution in [2.45, 2.75) is 37.5 Å². The maximum Gasteiger partial charge on any atom is 0.224 e. The molecule has 1 saturated carbocycles. The van der Waals surface area contributed by atoms with Crippen molar-refractivity contribution in [1.82, 2.24) is 10.2 Å². The van der Waals surface area contributed by atoms with E-state index in [9.17, 15) is 15.0 Å². The normalized spacial score (nSPS) is 30.9. The Balaban J connectivity index is 1.66. The van der Waals surface area contributed by atoms with E-state index < -0.39 is 12.2 Å². The molecule has 1 amide bonds. The van der Waals surface area contributed by atoms with E-state index in [1.807, 2.05) is 0 Å². The fourth-order valence-electron chi connectivity index (χ4n) is 1.80. The van der Waals surface area contributed by atoms with Crippen molar-refractivity contribution in [1.29, 1.82) is 0 Å². The highest BCUT2D eigenvalue weighted by molar-refractivity contribution is 5.76. The number of aliphatic hydroxyl groups excluding tert-OH is 2. The van der Waals surface area contributed by atoms with Gasteiger partial charge in [-0.05, 0) is 12.8 Å². The van der Waals surface area contributed by atoms with Crippen LogP contribution in [0.5, 0.6) is 0 Å². The molecule has 2 rings (SSSR count). The Bertz CT molecular complexity index is 233. The molecule has 2 fully saturated rings. The molecule has 2 aliphatic rings. The van der Waals surface area contributed by atoms with Crippen molar-refractivity contribution in [3.8, 4) is 0 Å². The van der Waals surface area contributed by atoms with Gasteiger partial charge < -0.3 is 20.4 Å². The van der Waals surface area contributed by atoms with Gasteiger partial charge in [0.15, 0.2) is 0 Å². The highest BCUT2D eigenvalue weighted by Gasteiger charge is 2.32. The third kappa shape index (κ3) is 2.90. The zero-order valence-corrected chi connectivity index (χ0v) is 8.72. The van der Waals surface area contributed by atoms with Crippen LogP contribution in [0, 0.1) is 0 Å². The van der Waals surface area contributed by atoms with Crippen molar-refractivity contribution >= 4 is 5.91 Å². The highest BCUT2D eigenvalue weighted by atomic mass is 16.3. The predicted molar refractivity (Wildman–Crippen MR) is 54.2 cm³/mol. The summed E-state index contributed by atoms with van der Waals surface area (Å²) in [5.74, 6) is 0.0127. The Morgan fingerprint density at radius 3 is 2.40 bits per heavy atom. The van der Waals surface area contributed by atoms with Crippen LogP contribution in [-0.4, -0.2) is 58.9 Å². The molecule has 86 valence electrons. The fraction of sp³-hybridized carbons (Fsp3) is 0.900. The van der Waals surface area contributed by atoms with E-state index in [-0.39, 0.29) is 19.0 Å². The van der Waals surface area contributed by atoms with Crippen molar-refractivity contribution in [3.05, 3.63) is 0 Å². The van der Waals surface area contributed by atoms with E-state index in [0.29, 0.717) is 19.0 Å². The number of hydrogen-bond donors (Lipinski definition) is 3. The summed E-state index contributed by atoms with van der Waals surface area (Å²) < 4.78 is 0. The van der Waals surface area contributed by atoms with Gasteiger partial charge in [0.2, 0.25) is 5.91 Å². The molecule has 0 aromatic heterocycles. The lowest BCUT2D eigenvalue weighted by atomic mass is 10.3. The SMILES string of the molecule is O=C(CCNC1CC1)N1CC(O)C(O)C1. The summed E-state index contributed by atoms with van der Waals surface area (Å²) >= 11 is 0. The van der Waals surface area contributed by atoms with E-state index >= 15 is 0 Å². The van der Waals surface area contributed by atoms with Gasteiger partial charge >= 0.3 is 0 Å². The number of amides is 1. The first kappa shape index (κ1) is 10.9. The second kappa shape index (κ2) is 4.47. The maximum absolute atomic E-state index is 11.6. The standard InChI is InChI=1S/C10H18N2O3/c13-8-5-12(6-9(8)14)10(15)3-4-11-7-1-2-7/h7-9,11,13-14H,1-6H2. The molecule has 1 aliphatic carbocycles. The fourth-order valence-corrected chi connectivity index (χ4v) is 1.80. The van der Waals surface area contributed by atoms with Crippen LogP contribution in [0.25, 0.3) is 0 Å². The molecule has 15 heavy (non-hydrogen) atoms. The van der Waals surface area contributed by atoms with Gasteiger partial charge in [-0.2, -0.15) is 0 Å². The van der Waals surface area contributed by atoms with Crippen LogP contribution in [0.4, 0.5) is 0 Å². The number of hydrogen-bond acceptors (Lipinski definition) is 4. The number of carbonyl (C=O) groups excluding carboxylic acids is 1. The molecule has 2 unspecified atom stereocenters. The quantitative estimate of drug-likeness (QED) is 0.543. The summed E-state index contributed by atoms with van der Waals surface area (Å²) in [7, 11) is 0. The van der Waals surface area contributed by atoms with Gasteiger partial charge in [-0.3, -0.25) is 4.79 Å². The number of nitrogens with zero attached hydrogens (tertiary/aromatic N) is 1. The maximum atomic E-state index is 11.6. The van der Waals surface area contributed by atoms with Gasteiger partial charge in [-0.25, -0.2) is 0 Å². The second-order valence-electron chi connectivity index (χ2n) is 4.41. The van der Waals surface area contributed by atoms with Crippen LogP contribution < -0.4 is 5.32 Å². The number of likely N-dealkylation sites (tertiary alicyclic amines) is 1. The molecule has 0 radical (unpaired) electrons. The van der Waals surface area contributed by atoms with Gasteiger partial charge in [0.05, 0.1) is 12.2 Å². The van der Waals surface area contributed by atoms with Crippen LogP contribution in [0.15, 0.2) is 0 Å². The number of aliphatic hydroxyl groups is 2. The highest BCUT2D eigenvalue weighted by Crippen LogP contribution is 2.18. The number of β-amino-alcohol motifs (C(OH)–C–C–N with tert-alkyl or cyclic N) is 2. The molecule has 5 nitrogen and oxygen atoms in total. The molecule has 1 saturated heterocycles. The lowest BCUT2D eigenvalue weighted by molar-refractivity contribution is -0.130. The van der Waals surface area contributed by atoms with Gasteiger partial charge in [0.25, 0.3) is 0 Å². The van der Waals surface area contributed by atoms with E-state index in [0.717, 1.165) is 0 Å². The Labute approximate surface area is 89.1 Å². The molecule has 0 aromatic carbocycles. The molecule has 0 spiro atoms. The van der Waals surface area contributed by atoms with E-state index in [1.54, 1.807) is 0 Å². The second-order valence-corrected chi connectivity index (χ2v) is 4.41. The summed E-state index contributed by atoms with van der Waals surface area (Å²) in [6.07, 6.45) is 1.34. The summed E-state index contributed by atoms with van der Waals surface area (Å²) in [6.45, 7) is 1.24. The van der Waals surface area contributed by atoms with Crippen molar-refractivity contribution < 1.29 is 15.0 Å². The van der Waals surface area contributed by atoms with Crippen LogP contribution >= 0.6 is 0 Å². The summed E-state index contributed by atoms with van der Waals surface area (Å²) in [5.41, 5.74) is 0. The predicted octanol–water partition coefficient (Wildman–Crippen LogP) is -1.31. The average molecular weight is 214 g/mol. The molecule has 2 atom stereocenters. The minimum Gasteiger partial charge on any atom is -0.388 e. The molecule has 0 bridgehead atoms. The van der Waals surface area contributed by atoms with E-state index in [4.69, 9.17) is 0 Å². The molecule has 1 heterocycles. The van der Waals surface area contributed by atoms with Crippen LogP contribution in [0.1, 0.15) is 19.3 Å². The summed E-state index contributed by atoms with van der Waals surface area (Å²) in [5, 5.41) is 21.8. The van der Waals surface area contributed by atoms with Crippen LogP contribution in [0.3, 0.4) is 0 Å². The van der Waals surface area contributed by atoms with Gasteiger partial charge in [-0.15, -0.1) is 0 Å². The van der Waals surface area contributed by atoms with Gasteiger partial charge in [0.1, 0.15) is 0 Å². The summed E-state index contributed by atoms with van der Waals surface area (Å²) in [6, 6.07) is 0.618. The van der Waals surface area contributed by atoms with E-state index in [1.165, 1.54) is 17.7 Å². The van der Waals surface area contributed by atoms with Crippen molar-refractivity contribution in [2.75, 3.05) is 19.6 Å². The monoisotopic (exact) mass is 214 g/mol. The average Bonchev–Trinajstić information content (AvgIpc) is 2.94. The molecular weight excluding hydrogens is 196 g/mol.